The minimum atomic E-state index is -0.665. The number of alkyl carbamates (subject to hydrolysis) is 1. The first-order valence-corrected chi connectivity index (χ1v) is 10.7. The Kier molecular flexibility index (Phi) is 6.50. The number of hydrogen-bond donors (Lipinski definition) is 2. The van der Waals surface area contributed by atoms with Gasteiger partial charge in [0, 0.05) is 12.6 Å². The molecule has 0 spiro atoms. The van der Waals surface area contributed by atoms with Gasteiger partial charge in [-0.1, -0.05) is 60.7 Å². The summed E-state index contributed by atoms with van der Waals surface area (Å²) < 4.78 is 5.25. The summed E-state index contributed by atoms with van der Waals surface area (Å²) in [7, 11) is 0. The highest BCUT2D eigenvalue weighted by atomic mass is 16.5. The molecule has 2 N–H and O–H groups in total. The maximum Gasteiger partial charge on any atom is 0.408 e. The molecule has 31 heavy (non-hydrogen) atoms. The van der Waals surface area contributed by atoms with E-state index in [0.717, 1.165) is 24.0 Å². The number of piperidine rings is 1. The maximum absolute atomic E-state index is 13.1. The van der Waals surface area contributed by atoms with E-state index >= 15 is 0 Å². The third-order valence-electron chi connectivity index (χ3n) is 5.96. The van der Waals surface area contributed by atoms with Gasteiger partial charge in [-0.25, -0.2) is 4.79 Å². The number of amides is 3. The molecule has 2 aromatic rings. The molecular formula is C24H27N3O4. The standard InChI is InChI=1S/C24H27N3O4/c28-22(25-15-17-7-3-1-4-8-17)21-14-12-19-11-13-20(23(29)27(19)21)26-24(30)31-16-18-9-5-2-6-10-18/h1-10,19-21H,11-16H2,(H,25,28)(H,26,30)/t19-,20+,21-/m0/s1. The Morgan fingerprint density at radius 2 is 1.55 bits per heavy atom. The summed E-state index contributed by atoms with van der Waals surface area (Å²) in [6.45, 7) is 0.570. The van der Waals surface area contributed by atoms with Crippen molar-refractivity contribution in [3.63, 3.8) is 0 Å². The van der Waals surface area contributed by atoms with Gasteiger partial charge in [-0.2, -0.15) is 0 Å². The van der Waals surface area contributed by atoms with Crippen LogP contribution in [-0.2, 0) is 27.5 Å². The van der Waals surface area contributed by atoms with Crippen LogP contribution in [0.15, 0.2) is 60.7 Å². The fourth-order valence-corrected chi connectivity index (χ4v) is 4.36. The van der Waals surface area contributed by atoms with E-state index in [-0.39, 0.29) is 24.5 Å². The fourth-order valence-electron chi connectivity index (χ4n) is 4.36. The van der Waals surface area contributed by atoms with Gasteiger partial charge in [0.25, 0.3) is 0 Å². The molecule has 0 bridgehead atoms. The second kappa shape index (κ2) is 9.64. The van der Waals surface area contributed by atoms with E-state index in [1.807, 2.05) is 60.7 Å². The molecule has 2 aliphatic rings. The first-order valence-electron chi connectivity index (χ1n) is 10.7. The van der Waals surface area contributed by atoms with Gasteiger partial charge < -0.3 is 20.3 Å². The van der Waals surface area contributed by atoms with Crippen LogP contribution >= 0.6 is 0 Å². The number of carbonyl (C=O) groups is 3. The Labute approximate surface area is 181 Å². The lowest BCUT2D eigenvalue weighted by atomic mass is 9.98. The molecule has 0 unspecified atom stereocenters. The zero-order valence-electron chi connectivity index (χ0n) is 17.3. The second-order valence-electron chi connectivity index (χ2n) is 8.03. The van der Waals surface area contributed by atoms with E-state index in [0.29, 0.717) is 19.4 Å². The summed E-state index contributed by atoms with van der Waals surface area (Å²) in [5, 5.41) is 5.63. The van der Waals surface area contributed by atoms with Crippen LogP contribution in [0, 0.1) is 0 Å². The molecule has 0 saturated carbocycles. The van der Waals surface area contributed by atoms with Crippen molar-refractivity contribution in [1.82, 2.24) is 15.5 Å². The van der Waals surface area contributed by atoms with Gasteiger partial charge in [-0.3, -0.25) is 9.59 Å². The van der Waals surface area contributed by atoms with Crippen LogP contribution in [0.4, 0.5) is 4.79 Å². The molecule has 3 atom stereocenters. The summed E-state index contributed by atoms with van der Waals surface area (Å²) in [6.07, 6.45) is 2.14. The molecule has 7 nitrogen and oxygen atoms in total. The molecule has 7 heteroatoms. The van der Waals surface area contributed by atoms with Gasteiger partial charge in [-0.05, 0) is 36.8 Å². The predicted octanol–water partition coefficient (Wildman–Crippen LogP) is 2.75. The zero-order chi connectivity index (χ0) is 21.6. The van der Waals surface area contributed by atoms with Crippen LogP contribution in [0.5, 0.6) is 0 Å². The van der Waals surface area contributed by atoms with Gasteiger partial charge in [0.2, 0.25) is 11.8 Å². The number of carbonyl (C=O) groups excluding carboxylic acids is 3. The third kappa shape index (κ3) is 5.05. The number of nitrogens with one attached hydrogen (secondary N) is 2. The van der Waals surface area contributed by atoms with Crippen molar-refractivity contribution < 1.29 is 19.1 Å². The molecule has 0 aliphatic carbocycles. The number of nitrogens with zero attached hydrogens (tertiary/aromatic N) is 1. The second-order valence-corrected chi connectivity index (χ2v) is 8.03. The quantitative estimate of drug-likeness (QED) is 0.751. The summed E-state index contributed by atoms with van der Waals surface area (Å²) >= 11 is 0. The minimum Gasteiger partial charge on any atom is -0.445 e. The Hall–Kier alpha value is -3.35. The lowest BCUT2D eigenvalue weighted by molar-refractivity contribution is -0.144. The number of ether oxygens (including phenoxy) is 1. The highest BCUT2D eigenvalue weighted by Crippen LogP contribution is 2.32. The number of benzene rings is 2. The number of fused-ring (bicyclic) bond motifs is 1. The molecule has 0 aromatic heterocycles. The summed E-state index contributed by atoms with van der Waals surface area (Å²) in [5.41, 5.74) is 1.89. The number of rotatable bonds is 6. The van der Waals surface area contributed by atoms with Gasteiger partial charge in [0.05, 0.1) is 0 Å². The summed E-state index contributed by atoms with van der Waals surface area (Å²) in [6, 6.07) is 17.9. The van der Waals surface area contributed by atoms with Crippen LogP contribution < -0.4 is 10.6 Å². The lowest BCUT2D eigenvalue weighted by Gasteiger charge is -2.37. The Balaban J connectivity index is 1.32. The van der Waals surface area contributed by atoms with Crippen LogP contribution in [0.25, 0.3) is 0 Å². The van der Waals surface area contributed by atoms with Gasteiger partial charge in [0.1, 0.15) is 18.7 Å². The zero-order valence-corrected chi connectivity index (χ0v) is 17.3. The van der Waals surface area contributed by atoms with E-state index in [4.69, 9.17) is 4.74 Å². The van der Waals surface area contributed by atoms with Gasteiger partial charge in [-0.15, -0.1) is 0 Å². The Bertz CT molecular complexity index is 919. The van der Waals surface area contributed by atoms with E-state index in [2.05, 4.69) is 10.6 Å². The lowest BCUT2D eigenvalue weighted by Crippen LogP contribution is -2.58. The predicted molar refractivity (Wildman–Crippen MR) is 115 cm³/mol. The highest BCUT2D eigenvalue weighted by molar-refractivity contribution is 5.92. The SMILES string of the molecule is O=C(N[C@@H]1CC[C@H]2CC[C@@H](C(=O)NCc3ccccc3)N2C1=O)OCc1ccccc1. The largest absolute Gasteiger partial charge is 0.445 e. The maximum atomic E-state index is 13.1. The first kappa shape index (κ1) is 20.9. The molecule has 2 fully saturated rings. The van der Waals surface area contributed by atoms with Crippen LogP contribution in [-0.4, -0.2) is 40.9 Å². The molecular weight excluding hydrogens is 394 g/mol. The molecule has 3 amide bonds. The van der Waals surface area contributed by atoms with Crippen LogP contribution in [0.1, 0.15) is 36.8 Å². The first-order chi connectivity index (χ1) is 15.1. The van der Waals surface area contributed by atoms with E-state index < -0.39 is 18.2 Å². The summed E-state index contributed by atoms with van der Waals surface area (Å²) in [5.74, 6) is -0.350. The average Bonchev–Trinajstić information content (AvgIpc) is 3.24. The summed E-state index contributed by atoms with van der Waals surface area (Å²) in [4.78, 5) is 39.8. The Morgan fingerprint density at radius 3 is 2.26 bits per heavy atom. The van der Waals surface area contributed by atoms with E-state index in [9.17, 15) is 14.4 Å². The van der Waals surface area contributed by atoms with Crippen molar-refractivity contribution in [3.05, 3.63) is 71.8 Å². The van der Waals surface area contributed by atoms with Gasteiger partial charge >= 0.3 is 6.09 Å². The molecule has 2 saturated heterocycles. The molecule has 2 heterocycles. The van der Waals surface area contributed by atoms with Crippen molar-refractivity contribution in [2.24, 2.45) is 0 Å². The Morgan fingerprint density at radius 1 is 0.903 bits per heavy atom. The minimum absolute atomic E-state index is 0.0540. The smallest absolute Gasteiger partial charge is 0.408 e. The van der Waals surface area contributed by atoms with Crippen molar-refractivity contribution in [2.45, 2.75) is 57.0 Å². The average molecular weight is 421 g/mol. The fraction of sp³-hybridized carbons (Fsp3) is 0.375. The topological polar surface area (TPSA) is 87.7 Å². The molecule has 0 radical (unpaired) electrons. The normalized spacial score (nSPS) is 22.5. The van der Waals surface area contributed by atoms with Gasteiger partial charge in [0.15, 0.2) is 0 Å². The van der Waals surface area contributed by atoms with Crippen LogP contribution in [0.2, 0.25) is 0 Å². The van der Waals surface area contributed by atoms with E-state index in [1.54, 1.807) is 4.90 Å². The molecule has 2 aromatic carbocycles. The molecule has 4 rings (SSSR count). The van der Waals surface area contributed by atoms with Crippen molar-refractivity contribution in [2.75, 3.05) is 0 Å². The van der Waals surface area contributed by atoms with Crippen molar-refractivity contribution in [3.8, 4) is 0 Å². The van der Waals surface area contributed by atoms with Crippen molar-refractivity contribution >= 4 is 17.9 Å². The van der Waals surface area contributed by atoms with E-state index in [1.165, 1.54) is 0 Å². The van der Waals surface area contributed by atoms with Crippen LogP contribution in [0.3, 0.4) is 0 Å². The molecule has 162 valence electrons. The highest BCUT2D eigenvalue weighted by Gasteiger charge is 2.46. The number of hydrogen-bond acceptors (Lipinski definition) is 4. The third-order valence-corrected chi connectivity index (χ3v) is 5.96. The monoisotopic (exact) mass is 421 g/mol. The van der Waals surface area contributed by atoms with Crippen molar-refractivity contribution in [1.29, 1.82) is 0 Å². The molecule has 2 aliphatic heterocycles.